The topological polar surface area (TPSA) is 61.8 Å². The minimum Gasteiger partial charge on any atom is -0.493 e. The van der Waals surface area contributed by atoms with Crippen LogP contribution in [0.15, 0.2) is 36.4 Å². The maximum atomic E-state index is 12.6. The van der Waals surface area contributed by atoms with Gasteiger partial charge in [0.05, 0.1) is 12.7 Å². The SMILES string of the molecule is C=C1C(=O)O[C@@H]2C[C@]3(C)C(CCC(C)OC(=O)c4ccccc4OCC)[C@@H]3C[C@H]12. The van der Waals surface area contributed by atoms with Crippen LogP contribution in [0.5, 0.6) is 5.75 Å². The fraction of sp³-hybridized carbons (Fsp3) is 0.583. The number of rotatable bonds is 7. The molecule has 0 bridgehead atoms. The van der Waals surface area contributed by atoms with E-state index in [-0.39, 0.29) is 35.5 Å². The number of carbonyl (C=O) groups is 2. The van der Waals surface area contributed by atoms with Gasteiger partial charge >= 0.3 is 11.9 Å². The number of carbonyl (C=O) groups excluding carboxylic acids is 2. The highest BCUT2D eigenvalue weighted by Crippen LogP contribution is 2.70. The number of esters is 2. The lowest BCUT2D eigenvalue weighted by atomic mass is 9.79. The van der Waals surface area contributed by atoms with Gasteiger partial charge in [0.1, 0.15) is 17.4 Å². The Balaban J connectivity index is 1.30. The largest absolute Gasteiger partial charge is 0.493 e. The molecule has 29 heavy (non-hydrogen) atoms. The van der Waals surface area contributed by atoms with Gasteiger partial charge in [0.25, 0.3) is 0 Å². The fourth-order valence-corrected chi connectivity index (χ4v) is 5.52. The summed E-state index contributed by atoms with van der Waals surface area (Å²) in [5, 5.41) is 0. The standard InChI is InChI=1S/C24H30O5/c1-5-27-20-9-7-6-8-16(20)23(26)28-14(2)10-11-18-19-12-17-15(3)22(25)29-21(17)13-24(18,19)4/h6-9,14,17-19,21H,3,5,10-13H2,1-2,4H3/t14?,17-,18?,19+,21-,24-/m1/s1. The average molecular weight is 398 g/mol. The van der Waals surface area contributed by atoms with Crippen LogP contribution in [0.25, 0.3) is 0 Å². The van der Waals surface area contributed by atoms with Gasteiger partial charge in [0, 0.05) is 11.5 Å². The predicted molar refractivity (Wildman–Crippen MR) is 109 cm³/mol. The maximum absolute atomic E-state index is 12.6. The predicted octanol–water partition coefficient (Wildman–Crippen LogP) is 4.55. The number of benzene rings is 1. The van der Waals surface area contributed by atoms with E-state index in [2.05, 4.69) is 13.5 Å². The molecular formula is C24H30O5. The fourth-order valence-electron chi connectivity index (χ4n) is 5.52. The van der Waals surface area contributed by atoms with Crippen molar-refractivity contribution in [2.45, 2.75) is 58.7 Å². The summed E-state index contributed by atoms with van der Waals surface area (Å²) in [5.74, 6) is 1.41. The highest BCUT2D eigenvalue weighted by Gasteiger charge is 2.66. The van der Waals surface area contributed by atoms with Crippen LogP contribution in [0.1, 0.15) is 56.8 Å². The Morgan fingerprint density at radius 1 is 1.38 bits per heavy atom. The molecule has 3 fully saturated rings. The number of hydrogen-bond donors (Lipinski definition) is 0. The van der Waals surface area contributed by atoms with E-state index in [1.54, 1.807) is 12.1 Å². The van der Waals surface area contributed by atoms with Crippen molar-refractivity contribution in [3.63, 3.8) is 0 Å². The molecule has 2 unspecified atom stereocenters. The van der Waals surface area contributed by atoms with E-state index in [1.165, 1.54) is 0 Å². The summed E-state index contributed by atoms with van der Waals surface area (Å²) in [6.45, 7) is 10.6. The molecule has 2 aliphatic carbocycles. The third-order valence-corrected chi connectivity index (χ3v) is 7.24. The Labute approximate surface area is 172 Å². The summed E-state index contributed by atoms with van der Waals surface area (Å²) in [6.07, 6.45) is 3.61. The Kier molecular flexibility index (Phi) is 5.18. The molecule has 3 aliphatic rings. The molecule has 0 spiro atoms. The van der Waals surface area contributed by atoms with Crippen molar-refractivity contribution >= 4 is 11.9 Å². The van der Waals surface area contributed by atoms with Crippen LogP contribution in [0.3, 0.4) is 0 Å². The van der Waals surface area contributed by atoms with Crippen molar-refractivity contribution in [2.75, 3.05) is 6.61 Å². The van der Waals surface area contributed by atoms with Crippen LogP contribution in [-0.2, 0) is 14.3 Å². The van der Waals surface area contributed by atoms with Crippen LogP contribution in [0.2, 0.25) is 0 Å². The van der Waals surface area contributed by atoms with Crippen molar-refractivity contribution in [3.8, 4) is 5.75 Å². The molecule has 1 saturated heterocycles. The van der Waals surface area contributed by atoms with Crippen molar-refractivity contribution in [3.05, 3.63) is 42.0 Å². The summed E-state index contributed by atoms with van der Waals surface area (Å²) >= 11 is 0. The molecule has 6 atom stereocenters. The summed E-state index contributed by atoms with van der Waals surface area (Å²) in [7, 11) is 0. The van der Waals surface area contributed by atoms with Gasteiger partial charge in [-0.1, -0.05) is 25.6 Å². The van der Waals surface area contributed by atoms with Crippen molar-refractivity contribution in [1.82, 2.24) is 0 Å². The zero-order chi connectivity index (χ0) is 20.8. The van der Waals surface area contributed by atoms with Crippen LogP contribution in [-0.4, -0.2) is 30.8 Å². The van der Waals surface area contributed by atoms with Crippen LogP contribution < -0.4 is 4.74 Å². The third kappa shape index (κ3) is 3.56. The normalized spacial score (nSPS) is 33.3. The molecule has 1 aromatic rings. The van der Waals surface area contributed by atoms with E-state index in [0.717, 1.165) is 25.7 Å². The van der Waals surface area contributed by atoms with Crippen molar-refractivity contribution in [2.24, 2.45) is 23.2 Å². The lowest BCUT2D eigenvalue weighted by Gasteiger charge is -2.27. The second-order valence-corrected chi connectivity index (χ2v) is 8.96. The Morgan fingerprint density at radius 2 is 2.14 bits per heavy atom. The first-order valence-corrected chi connectivity index (χ1v) is 10.7. The Bertz CT molecular complexity index is 830. The van der Waals surface area contributed by atoms with E-state index in [9.17, 15) is 9.59 Å². The summed E-state index contributed by atoms with van der Waals surface area (Å²) in [4.78, 5) is 24.3. The molecule has 4 rings (SSSR count). The molecular weight excluding hydrogens is 368 g/mol. The molecule has 5 heteroatoms. The van der Waals surface area contributed by atoms with E-state index >= 15 is 0 Å². The number of ether oxygens (including phenoxy) is 3. The van der Waals surface area contributed by atoms with Gasteiger partial charge < -0.3 is 14.2 Å². The average Bonchev–Trinajstić information content (AvgIpc) is 3.17. The van der Waals surface area contributed by atoms with Crippen LogP contribution >= 0.6 is 0 Å². The molecule has 0 aromatic heterocycles. The summed E-state index contributed by atoms with van der Waals surface area (Å²) in [6, 6.07) is 7.20. The molecule has 0 radical (unpaired) electrons. The Hall–Kier alpha value is -2.30. The first kappa shape index (κ1) is 20.0. The quantitative estimate of drug-likeness (QED) is 0.498. The second kappa shape index (κ2) is 7.51. The minimum absolute atomic E-state index is 0.00608. The van der Waals surface area contributed by atoms with Gasteiger partial charge in [-0.15, -0.1) is 0 Å². The van der Waals surface area contributed by atoms with E-state index in [4.69, 9.17) is 14.2 Å². The monoisotopic (exact) mass is 398 g/mol. The number of fused-ring (bicyclic) bond motifs is 2. The third-order valence-electron chi connectivity index (χ3n) is 7.24. The molecule has 1 aromatic carbocycles. The molecule has 0 N–H and O–H groups in total. The first-order chi connectivity index (χ1) is 13.8. The number of para-hydroxylation sites is 1. The molecule has 2 saturated carbocycles. The lowest BCUT2D eigenvalue weighted by molar-refractivity contribution is -0.140. The summed E-state index contributed by atoms with van der Waals surface area (Å²) in [5.41, 5.74) is 1.36. The van der Waals surface area contributed by atoms with E-state index in [0.29, 0.717) is 35.3 Å². The van der Waals surface area contributed by atoms with E-state index in [1.807, 2.05) is 26.0 Å². The molecule has 1 heterocycles. The Morgan fingerprint density at radius 3 is 2.90 bits per heavy atom. The van der Waals surface area contributed by atoms with Crippen LogP contribution in [0, 0.1) is 23.2 Å². The zero-order valence-electron chi connectivity index (χ0n) is 17.5. The van der Waals surface area contributed by atoms with Gasteiger partial charge in [-0.25, -0.2) is 9.59 Å². The van der Waals surface area contributed by atoms with Crippen molar-refractivity contribution < 1.29 is 23.8 Å². The molecule has 156 valence electrons. The van der Waals surface area contributed by atoms with Gasteiger partial charge in [-0.3, -0.25) is 0 Å². The van der Waals surface area contributed by atoms with Gasteiger partial charge in [0.15, 0.2) is 0 Å². The lowest BCUT2D eigenvalue weighted by Crippen LogP contribution is -2.26. The van der Waals surface area contributed by atoms with Gasteiger partial charge in [-0.2, -0.15) is 0 Å². The highest BCUT2D eigenvalue weighted by atomic mass is 16.6. The van der Waals surface area contributed by atoms with Crippen molar-refractivity contribution in [1.29, 1.82) is 0 Å². The molecule has 1 aliphatic heterocycles. The summed E-state index contributed by atoms with van der Waals surface area (Å²) < 4.78 is 16.8. The smallest absolute Gasteiger partial charge is 0.342 e. The van der Waals surface area contributed by atoms with Gasteiger partial charge in [0.2, 0.25) is 0 Å². The second-order valence-electron chi connectivity index (χ2n) is 8.96. The number of hydrogen-bond acceptors (Lipinski definition) is 5. The maximum Gasteiger partial charge on any atom is 0.342 e. The van der Waals surface area contributed by atoms with Gasteiger partial charge in [-0.05, 0) is 68.9 Å². The minimum atomic E-state index is -0.335. The molecule has 0 amide bonds. The highest BCUT2D eigenvalue weighted by molar-refractivity contribution is 5.92. The van der Waals surface area contributed by atoms with E-state index < -0.39 is 0 Å². The van der Waals surface area contributed by atoms with Crippen LogP contribution in [0.4, 0.5) is 0 Å². The zero-order valence-corrected chi connectivity index (χ0v) is 17.5. The first-order valence-electron chi connectivity index (χ1n) is 10.7. The molecule has 5 nitrogen and oxygen atoms in total.